The third-order valence-corrected chi connectivity index (χ3v) is 8.25. The predicted molar refractivity (Wildman–Crippen MR) is 192 cm³/mol. The molecule has 0 bridgehead atoms. The van der Waals surface area contributed by atoms with Crippen LogP contribution in [0, 0.1) is 5.41 Å². The molecule has 7 N–H and O–H groups in total. The van der Waals surface area contributed by atoms with Gasteiger partial charge in [0.05, 0.1) is 0 Å². The minimum atomic E-state index is -0.590. The van der Waals surface area contributed by atoms with E-state index in [1.807, 2.05) is 0 Å². The number of halogens is 1. The fraction of sp³-hybridized carbons (Fsp3) is 0.914. The van der Waals surface area contributed by atoms with Gasteiger partial charge >= 0.3 is 6.03 Å². The number of amides is 3. The maximum atomic E-state index is 12.8. The van der Waals surface area contributed by atoms with Gasteiger partial charge in [0, 0.05) is 19.6 Å². The van der Waals surface area contributed by atoms with Crippen LogP contribution in [0.25, 0.3) is 0 Å². The van der Waals surface area contributed by atoms with Crippen molar-refractivity contribution in [2.24, 2.45) is 5.73 Å². The van der Waals surface area contributed by atoms with Crippen LogP contribution in [0.3, 0.4) is 0 Å². The molecule has 3 amide bonds. The van der Waals surface area contributed by atoms with Gasteiger partial charge in [0.2, 0.25) is 5.91 Å². The number of guanidine groups is 1. The van der Waals surface area contributed by atoms with E-state index in [0.29, 0.717) is 32.5 Å². The van der Waals surface area contributed by atoms with Crippen LogP contribution in [0.5, 0.6) is 0 Å². The van der Waals surface area contributed by atoms with Gasteiger partial charge in [-0.05, 0) is 25.7 Å². The Bertz CT molecular complexity index is 653. The summed E-state index contributed by atoms with van der Waals surface area (Å²) in [5.41, 5.74) is 5.36. The molecule has 0 fully saturated rings. The fourth-order valence-corrected chi connectivity index (χ4v) is 5.48. The van der Waals surface area contributed by atoms with Crippen LogP contribution in [0.4, 0.5) is 4.79 Å². The smallest absolute Gasteiger partial charge is 0.315 e. The molecule has 0 saturated heterocycles. The summed E-state index contributed by atoms with van der Waals surface area (Å²) in [5.74, 6) is -0.216. The quantitative estimate of drug-likeness (QED) is 0.0248. The summed E-state index contributed by atoms with van der Waals surface area (Å²) in [6, 6.07) is -0.874. The maximum absolute atomic E-state index is 12.8. The van der Waals surface area contributed by atoms with Gasteiger partial charge in [-0.1, -0.05) is 155 Å². The zero-order chi connectivity index (χ0) is 31.6. The topological polar surface area (TPSA) is 132 Å². The SMILES string of the molecule is CCCCCCCCCCCCCCCCNC(=O)N[C@H](CCCNC(=N)N)C(=O)NCCCCCCCCCCCC.Cl. The minimum Gasteiger partial charge on any atom is -0.370 e. The van der Waals surface area contributed by atoms with Crippen molar-refractivity contribution in [3.05, 3.63) is 0 Å². The van der Waals surface area contributed by atoms with Crippen molar-refractivity contribution < 1.29 is 9.59 Å². The van der Waals surface area contributed by atoms with Crippen molar-refractivity contribution >= 4 is 30.3 Å². The summed E-state index contributed by atoms with van der Waals surface area (Å²) in [6.07, 6.45) is 32.0. The van der Waals surface area contributed by atoms with Crippen molar-refractivity contribution in [1.82, 2.24) is 21.3 Å². The second-order valence-corrected chi connectivity index (χ2v) is 12.5. The molecule has 0 aromatic rings. The van der Waals surface area contributed by atoms with E-state index >= 15 is 0 Å². The number of hydrogen-bond acceptors (Lipinski definition) is 3. The number of carbonyl (C=O) groups is 2. The lowest BCUT2D eigenvalue weighted by molar-refractivity contribution is -0.123. The van der Waals surface area contributed by atoms with Gasteiger partial charge in [-0.3, -0.25) is 10.2 Å². The minimum absolute atomic E-state index is 0. The van der Waals surface area contributed by atoms with Crippen molar-refractivity contribution in [2.75, 3.05) is 19.6 Å². The summed E-state index contributed by atoms with van der Waals surface area (Å²) in [7, 11) is 0. The number of nitrogens with one attached hydrogen (secondary N) is 5. The van der Waals surface area contributed by atoms with Gasteiger partial charge in [-0.15, -0.1) is 12.4 Å². The van der Waals surface area contributed by atoms with Crippen LogP contribution < -0.4 is 27.0 Å². The second kappa shape index (κ2) is 35.8. The van der Waals surface area contributed by atoms with E-state index in [-0.39, 0.29) is 30.3 Å². The number of nitrogens with two attached hydrogens (primary N) is 1. The molecule has 0 radical (unpaired) electrons. The molecule has 0 spiro atoms. The van der Waals surface area contributed by atoms with Crippen LogP contribution in [0.15, 0.2) is 0 Å². The molecule has 262 valence electrons. The molecule has 8 nitrogen and oxygen atoms in total. The Kier molecular flexibility index (Phi) is 36.1. The summed E-state index contributed by atoms with van der Waals surface area (Å²) in [5, 5.41) is 18.9. The molecule has 1 atom stereocenters. The highest BCUT2D eigenvalue weighted by Crippen LogP contribution is 2.13. The molecule has 0 rings (SSSR count). The van der Waals surface area contributed by atoms with E-state index in [4.69, 9.17) is 11.1 Å². The van der Waals surface area contributed by atoms with E-state index < -0.39 is 6.04 Å². The summed E-state index contributed by atoms with van der Waals surface area (Å²) in [4.78, 5) is 25.4. The van der Waals surface area contributed by atoms with Crippen molar-refractivity contribution in [1.29, 1.82) is 5.41 Å². The monoisotopic (exact) mass is 645 g/mol. The Morgan fingerprint density at radius 3 is 1.25 bits per heavy atom. The Morgan fingerprint density at radius 2 is 0.864 bits per heavy atom. The zero-order valence-electron chi connectivity index (χ0n) is 28.9. The van der Waals surface area contributed by atoms with E-state index in [1.54, 1.807) is 0 Å². The highest BCUT2D eigenvalue weighted by atomic mass is 35.5. The lowest BCUT2D eigenvalue weighted by atomic mass is 10.0. The van der Waals surface area contributed by atoms with Gasteiger partial charge in [0.1, 0.15) is 6.04 Å². The average molecular weight is 645 g/mol. The van der Waals surface area contributed by atoms with E-state index in [2.05, 4.69) is 35.1 Å². The molecular weight excluding hydrogens is 572 g/mol. The summed E-state index contributed by atoms with van der Waals surface area (Å²) < 4.78 is 0. The van der Waals surface area contributed by atoms with Crippen molar-refractivity contribution in [3.63, 3.8) is 0 Å². The van der Waals surface area contributed by atoms with E-state index in [0.717, 1.165) is 25.7 Å². The first-order chi connectivity index (χ1) is 21.0. The Balaban J connectivity index is 0. The lowest BCUT2D eigenvalue weighted by Crippen LogP contribution is -2.50. The molecule has 0 aromatic heterocycles. The number of carbonyl (C=O) groups excluding carboxylic acids is 2. The number of urea groups is 1. The number of unbranched alkanes of at least 4 members (excludes halogenated alkanes) is 22. The lowest BCUT2D eigenvalue weighted by Gasteiger charge is -2.19. The molecule has 44 heavy (non-hydrogen) atoms. The van der Waals surface area contributed by atoms with Gasteiger partial charge in [0.15, 0.2) is 5.96 Å². The van der Waals surface area contributed by atoms with Gasteiger partial charge < -0.3 is 27.0 Å². The van der Waals surface area contributed by atoms with Crippen LogP contribution in [0.2, 0.25) is 0 Å². The third-order valence-electron chi connectivity index (χ3n) is 8.25. The van der Waals surface area contributed by atoms with Crippen LogP contribution in [-0.2, 0) is 4.79 Å². The van der Waals surface area contributed by atoms with Gasteiger partial charge in [-0.2, -0.15) is 0 Å². The normalized spacial score (nSPS) is 11.4. The van der Waals surface area contributed by atoms with Gasteiger partial charge in [0.25, 0.3) is 0 Å². The van der Waals surface area contributed by atoms with Crippen LogP contribution in [-0.4, -0.2) is 43.6 Å². The van der Waals surface area contributed by atoms with Crippen molar-refractivity contribution in [2.45, 2.75) is 187 Å². The molecule has 0 unspecified atom stereocenters. The van der Waals surface area contributed by atoms with Crippen molar-refractivity contribution in [3.8, 4) is 0 Å². The first kappa shape index (κ1) is 44.4. The molecule has 0 heterocycles. The summed E-state index contributed by atoms with van der Waals surface area (Å²) in [6.45, 7) is 6.29. The Hall–Kier alpha value is -1.70. The van der Waals surface area contributed by atoms with Gasteiger partial charge in [-0.25, -0.2) is 4.79 Å². The molecule has 0 aliphatic carbocycles. The Labute approximate surface area is 278 Å². The molecule has 0 saturated carbocycles. The molecule has 0 aromatic carbocycles. The predicted octanol–water partition coefficient (Wildman–Crippen LogP) is 8.86. The second-order valence-electron chi connectivity index (χ2n) is 12.5. The van der Waals surface area contributed by atoms with Crippen LogP contribution >= 0.6 is 12.4 Å². The molecule has 0 aliphatic rings. The Morgan fingerprint density at radius 1 is 0.523 bits per heavy atom. The zero-order valence-corrected chi connectivity index (χ0v) is 29.7. The summed E-state index contributed by atoms with van der Waals surface area (Å²) >= 11 is 0. The highest BCUT2D eigenvalue weighted by molar-refractivity contribution is 5.87. The fourth-order valence-electron chi connectivity index (χ4n) is 5.48. The third kappa shape index (κ3) is 33.2. The molecule has 9 heteroatoms. The van der Waals surface area contributed by atoms with Crippen LogP contribution in [0.1, 0.15) is 181 Å². The average Bonchev–Trinajstić information content (AvgIpc) is 2.99. The maximum Gasteiger partial charge on any atom is 0.315 e. The first-order valence-corrected chi connectivity index (χ1v) is 18.4. The standard InChI is InChI=1S/C35H72N6O2.ClH/c1-3-5-7-9-11-13-15-16-17-18-20-22-24-26-30-40-35(43)41-32(28-27-31-39-34(36)37)33(42)38-29-25-23-21-19-14-12-10-8-6-4-2;/h32H,3-31H2,1-2H3,(H,38,42)(H4,36,37,39)(H2,40,41,43);1H/t32-;/m1./s1. The van der Waals surface area contributed by atoms with E-state index in [1.165, 1.54) is 128 Å². The number of hydrogen-bond donors (Lipinski definition) is 6. The number of rotatable bonds is 32. The molecular formula is C35H73ClN6O2. The molecule has 0 aliphatic heterocycles. The van der Waals surface area contributed by atoms with E-state index in [9.17, 15) is 9.59 Å². The highest BCUT2D eigenvalue weighted by Gasteiger charge is 2.20. The largest absolute Gasteiger partial charge is 0.370 e. The first-order valence-electron chi connectivity index (χ1n) is 18.4.